The zero-order valence-corrected chi connectivity index (χ0v) is 18.3. The van der Waals surface area contributed by atoms with Crippen molar-refractivity contribution in [3.8, 4) is 0 Å². The van der Waals surface area contributed by atoms with Crippen molar-refractivity contribution in [3.63, 3.8) is 0 Å². The molecule has 0 spiro atoms. The number of hydrogen-bond acceptors (Lipinski definition) is 5. The van der Waals surface area contributed by atoms with Crippen LogP contribution in [0.4, 0.5) is 4.79 Å². The van der Waals surface area contributed by atoms with Crippen molar-refractivity contribution in [3.05, 3.63) is 29.8 Å². The molecule has 0 aromatic heterocycles. The molecule has 29 heavy (non-hydrogen) atoms. The highest BCUT2D eigenvalue weighted by molar-refractivity contribution is 7.89. The van der Waals surface area contributed by atoms with Crippen LogP contribution in [0.3, 0.4) is 0 Å². The first-order valence-electron chi connectivity index (χ1n) is 10.1. The third kappa shape index (κ3) is 6.80. The number of nitrogens with zero attached hydrogens (tertiary/aromatic N) is 2. The second-order valence-electron chi connectivity index (χ2n) is 7.56. The highest BCUT2D eigenvalue weighted by atomic mass is 32.2. The van der Waals surface area contributed by atoms with Crippen LogP contribution in [-0.2, 0) is 14.8 Å². The van der Waals surface area contributed by atoms with Crippen LogP contribution in [0, 0.1) is 0 Å². The van der Waals surface area contributed by atoms with Crippen molar-refractivity contribution in [2.24, 2.45) is 0 Å². The molecule has 3 amide bonds. The Morgan fingerprint density at radius 2 is 1.69 bits per heavy atom. The number of carbonyl (C=O) groups excluding carboxylic acids is 2. The lowest BCUT2D eigenvalue weighted by molar-refractivity contribution is -0.121. The van der Waals surface area contributed by atoms with Gasteiger partial charge in [0.25, 0.3) is 0 Å². The number of imide groups is 1. The monoisotopic (exact) mass is 424 g/mol. The molecule has 0 saturated carbocycles. The van der Waals surface area contributed by atoms with E-state index in [-0.39, 0.29) is 17.3 Å². The molecule has 0 unspecified atom stereocenters. The maximum absolute atomic E-state index is 12.8. The topological polar surface area (TPSA) is 98.8 Å². The molecular weight excluding hydrogens is 392 g/mol. The third-order valence-corrected chi connectivity index (χ3v) is 6.86. The van der Waals surface area contributed by atoms with Crippen LogP contribution in [0.25, 0.3) is 0 Å². The summed E-state index contributed by atoms with van der Waals surface area (Å²) < 4.78 is 27.1. The summed E-state index contributed by atoms with van der Waals surface area (Å²) >= 11 is 0. The summed E-state index contributed by atoms with van der Waals surface area (Å²) in [5.41, 5.74) is 1.10. The van der Waals surface area contributed by atoms with Gasteiger partial charge in [0.15, 0.2) is 0 Å². The first-order valence-corrected chi connectivity index (χ1v) is 11.6. The first-order chi connectivity index (χ1) is 13.7. The summed E-state index contributed by atoms with van der Waals surface area (Å²) in [5, 5.41) is 4.94. The fraction of sp³-hybridized carbons (Fsp3) is 0.600. The summed E-state index contributed by atoms with van der Waals surface area (Å²) in [4.78, 5) is 25.8. The Morgan fingerprint density at radius 1 is 1.07 bits per heavy atom. The molecule has 0 atom stereocenters. The lowest BCUT2D eigenvalue weighted by Crippen LogP contribution is -2.52. The summed E-state index contributed by atoms with van der Waals surface area (Å²) in [5.74, 6) is -0.0465. The van der Waals surface area contributed by atoms with Crippen LogP contribution in [-0.4, -0.2) is 68.8 Å². The van der Waals surface area contributed by atoms with Crippen molar-refractivity contribution in [1.82, 2.24) is 19.8 Å². The van der Waals surface area contributed by atoms with Gasteiger partial charge in [-0.1, -0.05) is 39.3 Å². The Kier molecular flexibility index (Phi) is 8.60. The predicted octanol–water partition coefficient (Wildman–Crippen LogP) is 1.74. The van der Waals surface area contributed by atoms with E-state index >= 15 is 0 Å². The predicted molar refractivity (Wildman–Crippen MR) is 112 cm³/mol. The van der Waals surface area contributed by atoms with Gasteiger partial charge in [0.05, 0.1) is 11.4 Å². The number of unbranched alkanes of at least 4 members (excludes halogenated alkanes) is 1. The Labute approximate surface area is 173 Å². The smallest absolute Gasteiger partial charge is 0.321 e. The largest absolute Gasteiger partial charge is 0.338 e. The van der Waals surface area contributed by atoms with Gasteiger partial charge >= 0.3 is 6.03 Å². The van der Waals surface area contributed by atoms with Crippen LogP contribution in [0.5, 0.6) is 0 Å². The van der Waals surface area contributed by atoms with Gasteiger partial charge in [0.1, 0.15) is 0 Å². The molecule has 0 aliphatic carbocycles. The summed E-state index contributed by atoms with van der Waals surface area (Å²) in [6.07, 6.45) is 1.82. The number of piperazine rings is 1. The average molecular weight is 425 g/mol. The van der Waals surface area contributed by atoms with Crippen molar-refractivity contribution >= 4 is 22.0 Å². The van der Waals surface area contributed by atoms with E-state index in [9.17, 15) is 18.0 Å². The van der Waals surface area contributed by atoms with Crippen molar-refractivity contribution in [1.29, 1.82) is 0 Å². The number of urea groups is 1. The molecular formula is C20H32N4O4S. The SMILES string of the molecule is CCCCNC(=O)NC(=O)CN1CCN(S(=O)(=O)c2ccc(C(C)C)cc2)CC1. The third-order valence-electron chi connectivity index (χ3n) is 4.95. The van der Waals surface area contributed by atoms with E-state index < -0.39 is 16.1 Å². The number of sulfonamides is 1. The zero-order valence-electron chi connectivity index (χ0n) is 17.5. The highest BCUT2D eigenvalue weighted by Crippen LogP contribution is 2.21. The van der Waals surface area contributed by atoms with Crippen LogP contribution in [0.2, 0.25) is 0 Å². The highest BCUT2D eigenvalue weighted by Gasteiger charge is 2.29. The molecule has 8 nitrogen and oxygen atoms in total. The normalized spacial score (nSPS) is 16.0. The fourth-order valence-corrected chi connectivity index (χ4v) is 4.52. The summed E-state index contributed by atoms with van der Waals surface area (Å²) in [7, 11) is -3.55. The molecule has 0 radical (unpaired) electrons. The minimum atomic E-state index is -3.55. The lowest BCUT2D eigenvalue weighted by atomic mass is 10.0. The molecule has 162 valence electrons. The van der Waals surface area contributed by atoms with E-state index in [0.29, 0.717) is 38.6 Å². The van der Waals surface area contributed by atoms with E-state index in [1.54, 1.807) is 12.1 Å². The van der Waals surface area contributed by atoms with Crippen molar-refractivity contribution in [2.75, 3.05) is 39.3 Å². The van der Waals surface area contributed by atoms with Crippen molar-refractivity contribution < 1.29 is 18.0 Å². The van der Waals surface area contributed by atoms with Crippen molar-refractivity contribution in [2.45, 2.75) is 44.4 Å². The molecule has 9 heteroatoms. The van der Waals surface area contributed by atoms with Gasteiger partial charge in [-0.05, 0) is 30.0 Å². The molecule has 2 N–H and O–H groups in total. The van der Waals surface area contributed by atoms with E-state index in [1.807, 2.05) is 24.0 Å². The Balaban J connectivity index is 1.83. The van der Waals surface area contributed by atoms with Crippen LogP contribution < -0.4 is 10.6 Å². The lowest BCUT2D eigenvalue weighted by Gasteiger charge is -2.33. The van der Waals surface area contributed by atoms with Gasteiger partial charge in [-0.2, -0.15) is 4.31 Å². The molecule has 2 rings (SSSR count). The minimum absolute atomic E-state index is 0.0676. The number of hydrogen-bond donors (Lipinski definition) is 2. The summed E-state index contributed by atoms with van der Waals surface area (Å²) in [6.45, 7) is 8.24. The maximum atomic E-state index is 12.8. The summed E-state index contributed by atoms with van der Waals surface area (Å²) in [6, 6.07) is 6.52. The average Bonchev–Trinajstić information content (AvgIpc) is 2.68. The van der Waals surface area contributed by atoms with E-state index in [0.717, 1.165) is 18.4 Å². The van der Waals surface area contributed by atoms with Gasteiger partial charge in [0.2, 0.25) is 15.9 Å². The van der Waals surface area contributed by atoms with E-state index in [2.05, 4.69) is 24.5 Å². The quantitative estimate of drug-likeness (QED) is 0.620. The molecule has 1 aromatic carbocycles. The van der Waals surface area contributed by atoms with Gasteiger partial charge in [-0.15, -0.1) is 0 Å². The Bertz CT molecular complexity index is 785. The van der Waals surface area contributed by atoms with E-state index in [1.165, 1.54) is 4.31 Å². The maximum Gasteiger partial charge on any atom is 0.321 e. The van der Waals surface area contributed by atoms with Crippen LogP contribution >= 0.6 is 0 Å². The number of nitrogens with one attached hydrogen (secondary N) is 2. The van der Waals surface area contributed by atoms with Crippen LogP contribution in [0.15, 0.2) is 29.2 Å². The second kappa shape index (κ2) is 10.7. The molecule has 1 heterocycles. The molecule has 1 aliphatic heterocycles. The van der Waals surface area contributed by atoms with Gasteiger partial charge in [0, 0.05) is 32.7 Å². The molecule has 1 saturated heterocycles. The Hall–Kier alpha value is -1.97. The molecule has 1 aliphatic rings. The standard InChI is InChI=1S/C20H32N4O4S/c1-4-5-10-21-20(26)22-19(25)15-23-11-13-24(14-12-23)29(27,28)18-8-6-17(7-9-18)16(2)3/h6-9,16H,4-5,10-15H2,1-3H3,(H2,21,22,25,26). The fourth-order valence-electron chi connectivity index (χ4n) is 3.09. The minimum Gasteiger partial charge on any atom is -0.338 e. The van der Waals surface area contributed by atoms with Crippen LogP contribution in [0.1, 0.15) is 45.1 Å². The Morgan fingerprint density at radius 3 is 2.24 bits per heavy atom. The zero-order chi connectivity index (χ0) is 21.4. The second-order valence-corrected chi connectivity index (χ2v) is 9.50. The first kappa shape index (κ1) is 23.3. The number of carbonyl (C=O) groups is 2. The number of rotatable bonds is 8. The number of benzene rings is 1. The van der Waals surface area contributed by atoms with Gasteiger partial charge in [-0.3, -0.25) is 15.0 Å². The van der Waals surface area contributed by atoms with Gasteiger partial charge in [-0.25, -0.2) is 13.2 Å². The van der Waals surface area contributed by atoms with E-state index in [4.69, 9.17) is 0 Å². The molecule has 1 aromatic rings. The number of amides is 3. The van der Waals surface area contributed by atoms with Gasteiger partial charge < -0.3 is 5.32 Å². The molecule has 0 bridgehead atoms. The molecule has 1 fully saturated rings.